The van der Waals surface area contributed by atoms with Crippen LogP contribution in [0, 0.1) is 0 Å². The molecule has 0 spiro atoms. The number of anilines is 1. The van der Waals surface area contributed by atoms with Crippen molar-refractivity contribution in [2.24, 2.45) is 5.10 Å². The maximum absolute atomic E-state index is 5.93. The molecule has 23 heavy (non-hydrogen) atoms. The molecule has 0 saturated heterocycles. The molecule has 0 fully saturated rings. The molecule has 0 saturated carbocycles. The Morgan fingerprint density at radius 3 is 2.30 bits per heavy atom. The summed E-state index contributed by atoms with van der Waals surface area (Å²) in [5, 5.41) is 4.27. The van der Waals surface area contributed by atoms with Crippen LogP contribution in [-0.2, 0) is 0 Å². The average Bonchev–Trinajstić information content (AvgIpc) is 2.59. The van der Waals surface area contributed by atoms with Crippen molar-refractivity contribution in [1.29, 1.82) is 0 Å². The van der Waals surface area contributed by atoms with Gasteiger partial charge in [0.2, 0.25) is 0 Å². The van der Waals surface area contributed by atoms with Gasteiger partial charge >= 0.3 is 0 Å². The van der Waals surface area contributed by atoms with E-state index in [1.807, 2.05) is 78.9 Å². The maximum atomic E-state index is 5.93. The molecule has 114 valence electrons. The molecular weight excluding hydrogens is 352 g/mol. The fraction of sp³-hybridized carbons (Fsp3) is 0. The number of ether oxygens (including phenoxy) is 1. The van der Waals surface area contributed by atoms with Crippen molar-refractivity contribution in [1.82, 2.24) is 0 Å². The lowest BCUT2D eigenvalue weighted by Crippen LogP contribution is -1.93. The molecule has 0 bridgehead atoms. The highest BCUT2D eigenvalue weighted by molar-refractivity contribution is 9.10. The third-order valence-electron chi connectivity index (χ3n) is 3.13. The quantitative estimate of drug-likeness (QED) is 0.464. The summed E-state index contributed by atoms with van der Waals surface area (Å²) in [4.78, 5) is 0. The monoisotopic (exact) mass is 366 g/mol. The first kappa shape index (κ1) is 15.3. The minimum atomic E-state index is 0.758. The third-order valence-corrected chi connectivity index (χ3v) is 3.66. The minimum Gasteiger partial charge on any atom is -0.457 e. The highest BCUT2D eigenvalue weighted by atomic mass is 79.9. The smallest absolute Gasteiger partial charge is 0.136 e. The van der Waals surface area contributed by atoms with Gasteiger partial charge in [-0.3, -0.25) is 5.43 Å². The van der Waals surface area contributed by atoms with Crippen molar-refractivity contribution >= 4 is 27.8 Å². The zero-order valence-electron chi connectivity index (χ0n) is 12.3. The van der Waals surface area contributed by atoms with Crippen LogP contribution in [0.4, 0.5) is 5.69 Å². The van der Waals surface area contributed by atoms with E-state index < -0.39 is 0 Å². The molecule has 0 aliphatic carbocycles. The van der Waals surface area contributed by atoms with E-state index in [9.17, 15) is 0 Å². The lowest BCUT2D eigenvalue weighted by atomic mass is 10.2. The number of hydrazone groups is 1. The summed E-state index contributed by atoms with van der Waals surface area (Å²) in [6, 6.07) is 25.3. The molecule has 0 heterocycles. The van der Waals surface area contributed by atoms with Crippen LogP contribution < -0.4 is 10.2 Å². The molecule has 0 aliphatic heterocycles. The second-order valence-corrected chi connectivity index (χ2v) is 5.75. The lowest BCUT2D eigenvalue weighted by Gasteiger charge is -2.08. The number of halogens is 1. The van der Waals surface area contributed by atoms with E-state index in [-0.39, 0.29) is 0 Å². The van der Waals surface area contributed by atoms with Gasteiger partial charge < -0.3 is 4.74 Å². The summed E-state index contributed by atoms with van der Waals surface area (Å²) in [5.74, 6) is 1.54. The van der Waals surface area contributed by atoms with Crippen LogP contribution in [0.3, 0.4) is 0 Å². The molecule has 3 nitrogen and oxygen atoms in total. The van der Waals surface area contributed by atoms with Gasteiger partial charge in [-0.2, -0.15) is 5.10 Å². The van der Waals surface area contributed by atoms with Crippen LogP contribution in [-0.4, -0.2) is 6.21 Å². The Hall–Kier alpha value is -2.59. The van der Waals surface area contributed by atoms with Crippen molar-refractivity contribution in [2.45, 2.75) is 0 Å². The van der Waals surface area contributed by atoms with Crippen molar-refractivity contribution in [3.63, 3.8) is 0 Å². The summed E-state index contributed by atoms with van der Waals surface area (Å²) < 4.78 is 6.95. The fourth-order valence-corrected chi connectivity index (χ4v) is 2.26. The summed E-state index contributed by atoms with van der Waals surface area (Å²) >= 11 is 3.42. The predicted octanol–water partition coefficient (Wildman–Crippen LogP) is 5.69. The molecule has 0 radical (unpaired) electrons. The Bertz CT molecular complexity index is 786. The van der Waals surface area contributed by atoms with Gasteiger partial charge in [0.05, 0.1) is 11.9 Å². The second kappa shape index (κ2) is 7.61. The van der Waals surface area contributed by atoms with Crippen LogP contribution in [0.5, 0.6) is 11.5 Å². The van der Waals surface area contributed by atoms with E-state index in [1.54, 1.807) is 6.21 Å². The predicted molar refractivity (Wildman–Crippen MR) is 98.3 cm³/mol. The fourth-order valence-electron chi connectivity index (χ4n) is 2.00. The number of hydrogen-bond donors (Lipinski definition) is 1. The Balaban J connectivity index is 1.74. The highest BCUT2D eigenvalue weighted by Crippen LogP contribution is 2.25. The van der Waals surface area contributed by atoms with Gasteiger partial charge in [-0.05, 0) is 48.5 Å². The van der Waals surface area contributed by atoms with E-state index in [0.717, 1.165) is 27.2 Å². The van der Waals surface area contributed by atoms with E-state index >= 15 is 0 Å². The molecular formula is C19H15BrN2O. The van der Waals surface area contributed by atoms with Crippen LogP contribution >= 0.6 is 15.9 Å². The van der Waals surface area contributed by atoms with Gasteiger partial charge in [0, 0.05) is 10.0 Å². The standard InChI is InChI=1S/C19H15BrN2O/c20-16-10-12-18(13-11-16)23-19-9-5-4-6-15(19)14-21-22-17-7-2-1-3-8-17/h1-14,22H. The maximum Gasteiger partial charge on any atom is 0.136 e. The second-order valence-electron chi connectivity index (χ2n) is 4.83. The van der Waals surface area contributed by atoms with Gasteiger partial charge in [-0.15, -0.1) is 0 Å². The van der Waals surface area contributed by atoms with Gasteiger partial charge in [0.25, 0.3) is 0 Å². The first-order chi connectivity index (χ1) is 11.3. The van der Waals surface area contributed by atoms with Crippen molar-refractivity contribution in [3.8, 4) is 11.5 Å². The number of hydrogen-bond acceptors (Lipinski definition) is 3. The molecule has 0 amide bonds. The summed E-state index contributed by atoms with van der Waals surface area (Å²) in [6.45, 7) is 0. The zero-order valence-corrected chi connectivity index (χ0v) is 13.9. The van der Waals surface area contributed by atoms with E-state index in [1.165, 1.54) is 0 Å². The molecule has 0 atom stereocenters. The molecule has 3 aromatic carbocycles. The van der Waals surface area contributed by atoms with Crippen molar-refractivity contribution in [2.75, 3.05) is 5.43 Å². The molecule has 0 aromatic heterocycles. The normalized spacial score (nSPS) is 10.7. The van der Waals surface area contributed by atoms with E-state index in [0.29, 0.717) is 0 Å². The number of para-hydroxylation sites is 2. The Kier molecular flexibility index (Phi) is 5.06. The Labute approximate surface area is 143 Å². The molecule has 4 heteroatoms. The van der Waals surface area contributed by atoms with Crippen LogP contribution in [0.15, 0.2) is 88.4 Å². The number of benzene rings is 3. The third kappa shape index (κ3) is 4.44. The Morgan fingerprint density at radius 2 is 1.52 bits per heavy atom. The lowest BCUT2D eigenvalue weighted by molar-refractivity contribution is 0.482. The SMILES string of the molecule is Brc1ccc(Oc2ccccc2C=NNc2ccccc2)cc1. The zero-order chi connectivity index (χ0) is 15.9. The minimum absolute atomic E-state index is 0.758. The summed E-state index contributed by atoms with van der Waals surface area (Å²) in [6.07, 6.45) is 1.75. The van der Waals surface area contributed by atoms with Gasteiger partial charge in [-0.25, -0.2) is 0 Å². The number of nitrogens with one attached hydrogen (secondary N) is 1. The number of rotatable bonds is 5. The van der Waals surface area contributed by atoms with Gasteiger partial charge in [-0.1, -0.05) is 46.3 Å². The van der Waals surface area contributed by atoms with Crippen LogP contribution in [0.25, 0.3) is 0 Å². The molecule has 0 unspecified atom stereocenters. The molecule has 3 aromatic rings. The van der Waals surface area contributed by atoms with Crippen molar-refractivity contribution < 1.29 is 4.74 Å². The highest BCUT2D eigenvalue weighted by Gasteiger charge is 2.02. The molecule has 0 aliphatic rings. The molecule has 3 rings (SSSR count). The summed E-state index contributed by atoms with van der Waals surface area (Å²) in [5.41, 5.74) is 4.84. The Morgan fingerprint density at radius 1 is 0.826 bits per heavy atom. The van der Waals surface area contributed by atoms with Crippen LogP contribution in [0.1, 0.15) is 5.56 Å². The number of nitrogens with zero attached hydrogens (tertiary/aromatic N) is 1. The van der Waals surface area contributed by atoms with E-state index in [2.05, 4.69) is 26.5 Å². The first-order valence-corrected chi connectivity index (χ1v) is 7.97. The average molecular weight is 367 g/mol. The largest absolute Gasteiger partial charge is 0.457 e. The topological polar surface area (TPSA) is 33.6 Å². The van der Waals surface area contributed by atoms with Gasteiger partial charge in [0.1, 0.15) is 11.5 Å². The first-order valence-electron chi connectivity index (χ1n) is 7.18. The van der Waals surface area contributed by atoms with Crippen LogP contribution in [0.2, 0.25) is 0 Å². The van der Waals surface area contributed by atoms with Crippen molar-refractivity contribution in [3.05, 3.63) is 88.9 Å². The van der Waals surface area contributed by atoms with E-state index in [4.69, 9.17) is 4.74 Å². The summed E-state index contributed by atoms with van der Waals surface area (Å²) in [7, 11) is 0. The van der Waals surface area contributed by atoms with Gasteiger partial charge in [0.15, 0.2) is 0 Å². The molecule has 1 N–H and O–H groups in total.